The second-order valence-electron chi connectivity index (χ2n) is 3.46. The lowest BCUT2D eigenvalue weighted by atomic mass is 10.1. The third-order valence-corrected chi connectivity index (χ3v) is 2.34. The minimum atomic E-state index is -0.235. The van der Waals surface area contributed by atoms with Gasteiger partial charge in [0.2, 0.25) is 0 Å². The fourth-order valence-corrected chi connectivity index (χ4v) is 1.62. The van der Waals surface area contributed by atoms with Gasteiger partial charge in [0, 0.05) is 12.2 Å². The van der Waals surface area contributed by atoms with Crippen molar-refractivity contribution in [1.82, 2.24) is 5.32 Å². The number of halogens is 1. The van der Waals surface area contributed by atoms with Gasteiger partial charge >= 0.3 is 6.03 Å². The van der Waals surface area contributed by atoms with E-state index in [2.05, 4.69) is 17.2 Å². The van der Waals surface area contributed by atoms with Crippen LogP contribution in [0.2, 0.25) is 5.02 Å². The highest BCUT2D eigenvalue weighted by Gasteiger charge is 2.04. The van der Waals surface area contributed by atoms with Crippen LogP contribution in [0.4, 0.5) is 10.5 Å². The zero-order chi connectivity index (χ0) is 12.1. The summed E-state index contributed by atoms with van der Waals surface area (Å²) in [5.74, 6) is 0. The molecule has 16 heavy (non-hydrogen) atoms. The van der Waals surface area contributed by atoms with Gasteiger partial charge in [-0.15, -0.1) is 0 Å². The van der Waals surface area contributed by atoms with E-state index in [1.165, 1.54) is 0 Å². The fourth-order valence-electron chi connectivity index (χ4n) is 1.27. The Kier molecular flexibility index (Phi) is 4.38. The van der Waals surface area contributed by atoms with Crippen molar-refractivity contribution in [3.63, 3.8) is 0 Å². The number of urea groups is 1. The van der Waals surface area contributed by atoms with Gasteiger partial charge in [0.1, 0.15) is 0 Å². The van der Waals surface area contributed by atoms with Crippen molar-refractivity contribution in [3.05, 3.63) is 35.4 Å². The lowest BCUT2D eigenvalue weighted by Crippen LogP contribution is -2.28. The topological polar surface area (TPSA) is 41.1 Å². The molecule has 4 heteroatoms. The fraction of sp³-hybridized carbons (Fsp3) is 0.250. The van der Waals surface area contributed by atoms with Crippen LogP contribution in [-0.2, 0) is 0 Å². The predicted octanol–water partition coefficient (Wildman–Crippen LogP) is 3.51. The molecule has 0 bridgehead atoms. The Bertz CT molecular complexity index is 415. The molecule has 1 aromatic carbocycles. The largest absolute Gasteiger partial charge is 0.338 e. The molecule has 2 N–H and O–H groups in total. The molecule has 0 aliphatic rings. The van der Waals surface area contributed by atoms with E-state index in [9.17, 15) is 4.79 Å². The Morgan fingerprint density at radius 3 is 2.69 bits per heavy atom. The molecule has 0 aliphatic heterocycles. The molecule has 3 nitrogen and oxygen atoms in total. The second kappa shape index (κ2) is 5.56. The highest BCUT2D eigenvalue weighted by molar-refractivity contribution is 6.32. The molecule has 1 aromatic rings. The van der Waals surface area contributed by atoms with Gasteiger partial charge in [0.15, 0.2) is 0 Å². The molecule has 1 rings (SSSR count). The van der Waals surface area contributed by atoms with Crippen molar-refractivity contribution in [2.75, 3.05) is 11.9 Å². The van der Waals surface area contributed by atoms with Crippen LogP contribution in [0.15, 0.2) is 24.8 Å². The molecular formula is C12H15ClN2O. The summed E-state index contributed by atoms with van der Waals surface area (Å²) in [5, 5.41) is 5.91. The molecule has 0 unspecified atom stereocenters. The van der Waals surface area contributed by atoms with E-state index in [1.54, 1.807) is 12.1 Å². The smallest absolute Gasteiger partial charge is 0.319 e. The monoisotopic (exact) mass is 238 g/mol. The number of carbonyl (C=O) groups excluding carboxylic acids is 1. The minimum absolute atomic E-state index is 0.235. The summed E-state index contributed by atoms with van der Waals surface area (Å²) in [6.07, 6.45) is 0. The standard InChI is InChI=1S/C12H15ClN2O/c1-4-14-12(16)15-9-5-6-10(8(2)3)11(13)7-9/h5-7H,2,4H2,1,3H3,(H2,14,15,16). The first-order valence-corrected chi connectivity index (χ1v) is 5.42. The van der Waals surface area contributed by atoms with Crippen molar-refractivity contribution in [3.8, 4) is 0 Å². The van der Waals surface area contributed by atoms with Gasteiger partial charge in [-0.2, -0.15) is 0 Å². The van der Waals surface area contributed by atoms with E-state index < -0.39 is 0 Å². The zero-order valence-electron chi connectivity index (χ0n) is 9.43. The van der Waals surface area contributed by atoms with Gasteiger partial charge in [0.05, 0.1) is 5.02 Å². The maximum atomic E-state index is 11.3. The number of benzene rings is 1. The van der Waals surface area contributed by atoms with E-state index in [0.717, 1.165) is 11.1 Å². The average molecular weight is 239 g/mol. The van der Waals surface area contributed by atoms with E-state index in [1.807, 2.05) is 19.9 Å². The van der Waals surface area contributed by atoms with Crippen LogP contribution in [0.25, 0.3) is 5.57 Å². The molecule has 0 saturated heterocycles. The number of nitrogens with one attached hydrogen (secondary N) is 2. The van der Waals surface area contributed by atoms with Crippen LogP contribution in [0.5, 0.6) is 0 Å². The highest BCUT2D eigenvalue weighted by Crippen LogP contribution is 2.25. The molecular weight excluding hydrogens is 224 g/mol. The Hall–Kier alpha value is -1.48. The molecule has 0 radical (unpaired) electrons. The number of carbonyl (C=O) groups is 1. The lowest BCUT2D eigenvalue weighted by Gasteiger charge is -2.08. The molecule has 0 fully saturated rings. The van der Waals surface area contributed by atoms with Crippen molar-refractivity contribution in [1.29, 1.82) is 0 Å². The number of hydrogen-bond acceptors (Lipinski definition) is 1. The number of hydrogen-bond donors (Lipinski definition) is 2. The number of rotatable bonds is 3. The van der Waals surface area contributed by atoms with E-state index in [4.69, 9.17) is 11.6 Å². The summed E-state index contributed by atoms with van der Waals surface area (Å²) in [7, 11) is 0. The first kappa shape index (κ1) is 12.6. The van der Waals surface area contributed by atoms with E-state index in [-0.39, 0.29) is 6.03 Å². The first-order valence-electron chi connectivity index (χ1n) is 5.05. The van der Waals surface area contributed by atoms with Gasteiger partial charge in [-0.05, 0) is 37.1 Å². The summed E-state index contributed by atoms with van der Waals surface area (Å²) in [4.78, 5) is 11.3. The summed E-state index contributed by atoms with van der Waals surface area (Å²) in [5.41, 5.74) is 2.46. The average Bonchev–Trinajstić information content (AvgIpc) is 2.17. The molecule has 0 aliphatic carbocycles. The Morgan fingerprint density at radius 2 is 2.19 bits per heavy atom. The van der Waals surface area contributed by atoms with Crippen molar-refractivity contribution >= 4 is 28.9 Å². The Balaban J connectivity index is 2.81. The number of anilines is 1. The van der Waals surface area contributed by atoms with Crippen molar-refractivity contribution < 1.29 is 4.79 Å². The van der Waals surface area contributed by atoms with Crippen molar-refractivity contribution in [2.24, 2.45) is 0 Å². The molecule has 0 atom stereocenters. The van der Waals surface area contributed by atoms with Crippen LogP contribution < -0.4 is 10.6 Å². The van der Waals surface area contributed by atoms with Crippen LogP contribution in [-0.4, -0.2) is 12.6 Å². The van der Waals surface area contributed by atoms with Crippen LogP contribution >= 0.6 is 11.6 Å². The van der Waals surface area contributed by atoms with Gasteiger partial charge < -0.3 is 10.6 Å². The summed E-state index contributed by atoms with van der Waals surface area (Å²) in [6.45, 7) is 8.15. The number of allylic oxidation sites excluding steroid dienone is 1. The third-order valence-electron chi connectivity index (χ3n) is 2.02. The van der Waals surface area contributed by atoms with Gasteiger partial charge in [-0.1, -0.05) is 24.2 Å². The molecule has 0 heterocycles. The van der Waals surface area contributed by atoms with Crippen LogP contribution in [0, 0.1) is 0 Å². The Labute approximate surface area is 100 Å². The highest BCUT2D eigenvalue weighted by atomic mass is 35.5. The first-order chi connectivity index (χ1) is 7.54. The zero-order valence-corrected chi connectivity index (χ0v) is 10.2. The lowest BCUT2D eigenvalue weighted by molar-refractivity contribution is 0.252. The van der Waals surface area contributed by atoms with Gasteiger partial charge in [-0.25, -0.2) is 4.79 Å². The SMILES string of the molecule is C=C(C)c1ccc(NC(=O)NCC)cc1Cl. The van der Waals surface area contributed by atoms with Crippen molar-refractivity contribution in [2.45, 2.75) is 13.8 Å². The Morgan fingerprint density at radius 1 is 1.50 bits per heavy atom. The molecule has 2 amide bonds. The molecule has 0 saturated carbocycles. The predicted molar refractivity (Wildman–Crippen MR) is 68.9 cm³/mol. The quantitative estimate of drug-likeness (QED) is 0.831. The molecule has 86 valence electrons. The molecule has 0 aromatic heterocycles. The maximum Gasteiger partial charge on any atom is 0.319 e. The summed E-state index contributed by atoms with van der Waals surface area (Å²) >= 11 is 6.05. The van der Waals surface area contributed by atoms with Gasteiger partial charge in [0.25, 0.3) is 0 Å². The minimum Gasteiger partial charge on any atom is -0.338 e. The second-order valence-corrected chi connectivity index (χ2v) is 3.87. The van der Waals surface area contributed by atoms with E-state index >= 15 is 0 Å². The number of amides is 2. The van der Waals surface area contributed by atoms with Gasteiger partial charge in [-0.3, -0.25) is 0 Å². The van der Waals surface area contributed by atoms with Crippen LogP contribution in [0.3, 0.4) is 0 Å². The molecule has 0 spiro atoms. The third kappa shape index (κ3) is 3.28. The van der Waals surface area contributed by atoms with E-state index in [0.29, 0.717) is 17.3 Å². The summed E-state index contributed by atoms with van der Waals surface area (Å²) in [6, 6.07) is 5.11. The van der Waals surface area contributed by atoms with Crippen LogP contribution in [0.1, 0.15) is 19.4 Å². The summed E-state index contributed by atoms with van der Waals surface area (Å²) < 4.78 is 0. The maximum absolute atomic E-state index is 11.3. The normalized spacial score (nSPS) is 9.69.